The van der Waals surface area contributed by atoms with Gasteiger partial charge in [0.15, 0.2) is 0 Å². The molecule has 2 fully saturated rings. The van der Waals surface area contributed by atoms with Crippen molar-refractivity contribution >= 4 is 6.09 Å². The summed E-state index contributed by atoms with van der Waals surface area (Å²) in [6.07, 6.45) is 1.02. The van der Waals surface area contributed by atoms with E-state index >= 15 is 0 Å². The fraction of sp³-hybridized carbons (Fsp3) is 0.923. The van der Waals surface area contributed by atoms with Crippen molar-refractivity contribution in [1.29, 1.82) is 0 Å². The number of rotatable bonds is 0. The summed E-state index contributed by atoms with van der Waals surface area (Å²) in [5.74, 6) is 0.648. The number of ether oxygens (including phenoxy) is 1. The molecule has 0 radical (unpaired) electrons. The van der Waals surface area contributed by atoms with E-state index in [1.165, 1.54) is 6.42 Å². The van der Waals surface area contributed by atoms with Crippen LogP contribution in [0.5, 0.6) is 0 Å². The van der Waals surface area contributed by atoms with Crippen molar-refractivity contribution in [2.75, 3.05) is 26.2 Å². The van der Waals surface area contributed by atoms with E-state index in [9.17, 15) is 4.79 Å². The van der Waals surface area contributed by atoms with Gasteiger partial charge in [0.25, 0.3) is 0 Å². The molecule has 0 aliphatic carbocycles. The zero-order valence-corrected chi connectivity index (χ0v) is 11.4. The predicted octanol–water partition coefficient (Wildman–Crippen LogP) is 1.85. The van der Waals surface area contributed by atoms with Gasteiger partial charge in [-0.2, -0.15) is 0 Å². The smallest absolute Gasteiger partial charge is 0.410 e. The Balaban J connectivity index is 1.87. The Morgan fingerprint density at radius 2 is 2.06 bits per heavy atom. The molecular weight excluding hydrogens is 216 g/mol. The highest BCUT2D eigenvalue weighted by Crippen LogP contribution is 2.42. The largest absolute Gasteiger partial charge is 0.444 e. The van der Waals surface area contributed by atoms with E-state index in [-0.39, 0.29) is 11.7 Å². The highest BCUT2D eigenvalue weighted by molar-refractivity contribution is 5.69. The van der Waals surface area contributed by atoms with Crippen LogP contribution in [0.1, 0.15) is 34.1 Å². The first-order valence-corrected chi connectivity index (χ1v) is 6.51. The van der Waals surface area contributed by atoms with Gasteiger partial charge in [0.05, 0.1) is 0 Å². The summed E-state index contributed by atoms with van der Waals surface area (Å²) in [6, 6.07) is 0. The van der Waals surface area contributed by atoms with Crippen LogP contribution in [-0.2, 0) is 4.74 Å². The lowest BCUT2D eigenvalue weighted by Gasteiger charge is -2.55. The van der Waals surface area contributed by atoms with Crippen LogP contribution in [0.4, 0.5) is 4.79 Å². The molecule has 0 aromatic carbocycles. The molecule has 2 heterocycles. The Morgan fingerprint density at radius 3 is 2.59 bits per heavy atom. The first-order chi connectivity index (χ1) is 7.82. The maximum Gasteiger partial charge on any atom is 0.410 e. The Bertz CT molecular complexity index is 303. The molecular formula is C13H24N2O2. The first-order valence-electron chi connectivity index (χ1n) is 6.51. The highest BCUT2D eigenvalue weighted by Gasteiger charge is 2.50. The Hall–Kier alpha value is -0.770. The minimum Gasteiger partial charge on any atom is -0.444 e. The maximum atomic E-state index is 11.9. The summed E-state index contributed by atoms with van der Waals surface area (Å²) in [7, 11) is 0. The molecule has 1 spiro atoms. The van der Waals surface area contributed by atoms with Gasteiger partial charge in [-0.15, -0.1) is 0 Å². The number of carbonyl (C=O) groups excluding carboxylic acids is 1. The number of nitrogens with one attached hydrogen (secondary N) is 1. The van der Waals surface area contributed by atoms with E-state index in [2.05, 4.69) is 12.2 Å². The van der Waals surface area contributed by atoms with Crippen LogP contribution in [0.2, 0.25) is 0 Å². The molecule has 17 heavy (non-hydrogen) atoms. The van der Waals surface area contributed by atoms with Crippen molar-refractivity contribution in [2.24, 2.45) is 11.3 Å². The standard InChI is InChI=1S/C13H24N2O2/c1-10-7-14-6-5-13(10)8-15(9-13)11(16)17-12(2,3)4/h10,14H,5-9H2,1-4H3. The number of hydrogen-bond acceptors (Lipinski definition) is 3. The van der Waals surface area contributed by atoms with Crippen LogP contribution in [0.15, 0.2) is 0 Å². The lowest BCUT2D eigenvalue weighted by atomic mass is 9.66. The zero-order chi connectivity index (χ0) is 12.7. The Morgan fingerprint density at radius 1 is 1.41 bits per heavy atom. The van der Waals surface area contributed by atoms with Gasteiger partial charge in [-0.25, -0.2) is 4.79 Å². The molecule has 2 aliphatic heterocycles. The number of likely N-dealkylation sites (tertiary alicyclic amines) is 1. The van der Waals surface area contributed by atoms with E-state index in [0.717, 1.165) is 26.2 Å². The molecule has 1 amide bonds. The van der Waals surface area contributed by atoms with Crippen LogP contribution in [0.3, 0.4) is 0 Å². The molecule has 2 saturated heterocycles. The second-order valence-corrected chi connectivity index (χ2v) is 6.55. The fourth-order valence-electron chi connectivity index (χ4n) is 2.76. The Labute approximate surface area is 104 Å². The van der Waals surface area contributed by atoms with E-state index < -0.39 is 0 Å². The van der Waals surface area contributed by atoms with Crippen LogP contribution >= 0.6 is 0 Å². The fourth-order valence-corrected chi connectivity index (χ4v) is 2.76. The van der Waals surface area contributed by atoms with Crippen LogP contribution in [0, 0.1) is 11.3 Å². The van der Waals surface area contributed by atoms with E-state index in [0.29, 0.717) is 11.3 Å². The SMILES string of the molecule is CC1CNCCC12CN(C(=O)OC(C)(C)C)C2. The molecule has 0 bridgehead atoms. The third-order valence-corrected chi connectivity index (χ3v) is 3.96. The zero-order valence-electron chi connectivity index (χ0n) is 11.4. The molecule has 4 heteroatoms. The van der Waals surface area contributed by atoms with Crippen molar-refractivity contribution in [3.63, 3.8) is 0 Å². The molecule has 2 aliphatic rings. The number of nitrogens with zero attached hydrogens (tertiary/aromatic N) is 1. The monoisotopic (exact) mass is 240 g/mol. The summed E-state index contributed by atoms with van der Waals surface area (Å²) >= 11 is 0. The predicted molar refractivity (Wildman–Crippen MR) is 66.9 cm³/mol. The average molecular weight is 240 g/mol. The lowest BCUT2D eigenvalue weighted by Crippen LogP contribution is -2.65. The van der Waals surface area contributed by atoms with Crippen molar-refractivity contribution in [3.05, 3.63) is 0 Å². The topological polar surface area (TPSA) is 41.6 Å². The number of amides is 1. The first kappa shape index (κ1) is 12.7. The highest BCUT2D eigenvalue weighted by atomic mass is 16.6. The van der Waals surface area contributed by atoms with Crippen LogP contribution in [0.25, 0.3) is 0 Å². The van der Waals surface area contributed by atoms with Crippen molar-refractivity contribution in [2.45, 2.75) is 39.7 Å². The molecule has 2 rings (SSSR count). The second-order valence-electron chi connectivity index (χ2n) is 6.55. The number of carbonyl (C=O) groups is 1. The van der Waals surface area contributed by atoms with Gasteiger partial charge < -0.3 is 15.0 Å². The van der Waals surface area contributed by atoms with Crippen molar-refractivity contribution in [3.8, 4) is 0 Å². The van der Waals surface area contributed by atoms with E-state index in [4.69, 9.17) is 4.74 Å². The molecule has 0 saturated carbocycles. The molecule has 0 aromatic heterocycles. The van der Waals surface area contributed by atoms with E-state index in [1.807, 2.05) is 25.7 Å². The van der Waals surface area contributed by atoms with Gasteiger partial charge in [-0.05, 0) is 46.2 Å². The van der Waals surface area contributed by atoms with Crippen LogP contribution < -0.4 is 5.32 Å². The van der Waals surface area contributed by atoms with Crippen molar-refractivity contribution < 1.29 is 9.53 Å². The molecule has 1 atom stereocenters. The third kappa shape index (κ3) is 2.57. The summed E-state index contributed by atoms with van der Waals surface area (Å²) in [4.78, 5) is 13.7. The number of hydrogen-bond donors (Lipinski definition) is 1. The van der Waals surface area contributed by atoms with Crippen LogP contribution in [-0.4, -0.2) is 42.8 Å². The van der Waals surface area contributed by atoms with Gasteiger partial charge >= 0.3 is 6.09 Å². The molecule has 1 unspecified atom stereocenters. The van der Waals surface area contributed by atoms with Gasteiger partial charge in [0, 0.05) is 18.5 Å². The summed E-state index contributed by atoms with van der Waals surface area (Å²) in [5.41, 5.74) is -0.0400. The Kier molecular flexibility index (Phi) is 3.10. The molecule has 4 nitrogen and oxygen atoms in total. The third-order valence-electron chi connectivity index (χ3n) is 3.96. The normalized spacial score (nSPS) is 27.8. The summed E-state index contributed by atoms with van der Waals surface area (Å²) in [5, 5.41) is 3.41. The van der Waals surface area contributed by atoms with Gasteiger partial charge in [-0.3, -0.25) is 0 Å². The van der Waals surface area contributed by atoms with Crippen molar-refractivity contribution in [1.82, 2.24) is 10.2 Å². The average Bonchev–Trinajstić information content (AvgIpc) is 2.12. The maximum absolute atomic E-state index is 11.9. The quantitative estimate of drug-likeness (QED) is 0.702. The van der Waals surface area contributed by atoms with Gasteiger partial charge in [0.1, 0.15) is 5.60 Å². The minimum atomic E-state index is -0.389. The molecule has 98 valence electrons. The van der Waals surface area contributed by atoms with Gasteiger partial charge in [0.2, 0.25) is 0 Å². The lowest BCUT2D eigenvalue weighted by molar-refractivity contribution is -0.0685. The summed E-state index contributed by atoms with van der Waals surface area (Å²) in [6.45, 7) is 11.9. The molecule has 0 aromatic rings. The number of piperidine rings is 1. The minimum absolute atomic E-state index is 0.158. The van der Waals surface area contributed by atoms with Gasteiger partial charge in [-0.1, -0.05) is 6.92 Å². The second kappa shape index (κ2) is 4.16. The van der Waals surface area contributed by atoms with E-state index in [1.54, 1.807) is 0 Å². The molecule has 1 N–H and O–H groups in total. The summed E-state index contributed by atoms with van der Waals surface area (Å²) < 4.78 is 5.38.